The van der Waals surface area contributed by atoms with E-state index in [9.17, 15) is 4.79 Å². The maximum absolute atomic E-state index is 11.5. The molecule has 0 aliphatic rings. The Morgan fingerprint density at radius 2 is 2.06 bits per heavy atom. The van der Waals surface area contributed by atoms with Crippen molar-refractivity contribution in [3.05, 3.63) is 28.7 Å². The van der Waals surface area contributed by atoms with Gasteiger partial charge < -0.3 is 15.4 Å². The first-order valence-electron chi connectivity index (χ1n) is 5.43. The predicted octanol–water partition coefficient (Wildman–Crippen LogP) is 2.01. The predicted molar refractivity (Wildman–Crippen MR) is 72.1 cm³/mol. The molecule has 1 unspecified atom stereocenters. The Bertz CT molecular complexity index is 354. The van der Waals surface area contributed by atoms with E-state index in [0.717, 1.165) is 16.7 Å². The second-order valence-corrected chi connectivity index (χ2v) is 4.65. The zero-order valence-electron chi connectivity index (χ0n) is 10.00. The molecule has 0 saturated heterocycles. The number of carbonyl (C=O) groups is 1. The molecule has 1 aromatic carbocycles. The maximum atomic E-state index is 11.5. The number of anilines is 1. The van der Waals surface area contributed by atoms with Gasteiger partial charge in [0.2, 0.25) is 5.91 Å². The molecule has 0 fully saturated rings. The van der Waals surface area contributed by atoms with Crippen molar-refractivity contribution in [1.82, 2.24) is 5.32 Å². The number of hydrogen-bond donors (Lipinski definition) is 2. The third-order valence-corrected chi connectivity index (χ3v) is 2.65. The number of nitrogens with one attached hydrogen (secondary N) is 2. The van der Waals surface area contributed by atoms with Crippen molar-refractivity contribution < 1.29 is 9.53 Å². The molecule has 0 aromatic heterocycles. The lowest BCUT2D eigenvalue weighted by atomic mass is 10.3. The van der Waals surface area contributed by atoms with Gasteiger partial charge in [0, 0.05) is 16.7 Å². The van der Waals surface area contributed by atoms with Gasteiger partial charge in [-0.1, -0.05) is 15.9 Å². The van der Waals surface area contributed by atoms with Gasteiger partial charge in [-0.15, -0.1) is 0 Å². The van der Waals surface area contributed by atoms with E-state index in [1.54, 1.807) is 0 Å². The van der Waals surface area contributed by atoms with E-state index in [-0.39, 0.29) is 18.6 Å². The van der Waals surface area contributed by atoms with Crippen molar-refractivity contribution in [1.29, 1.82) is 0 Å². The van der Waals surface area contributed by atoms with Gasteiger partial charge >= 0.3 is 0 Å². The summed E-state index contributed by atoms with van der Waals surface area (Å²) in [5, 5.41) is 5.75. The highest BCUT2D eigenvalue weighted by Gasteiger charge is 2.06. The topological polar surface area (TPSA) is 50.4 Å². The van der Waals surface area contributed by atoms with Gasteiger partial charge in [-0.2, -0.15) is 0 Å². The van der Waals surface area contributed by atoms with Crippen molar-refractivity contribution >= 4 is 27.5 Å². The quantitative estimate of drug-likeness (QED) is 0.845. The van der Waals surface area contributed by atoms with Crippen molar-refractivity contribution in [3.8, 4) is 0 Å². The zero-order valence-corrected chi connectivity index (χ0v) is 11.6. The summed E-state index contributed by atoms with van der Waals surface area (Å²) in [6, 6.07) is 7.41. The Hall–Kier alpha value is -0.910. The molecule has 0 heterocycles. The number of likely N-dealkylation sites (N-methyl/N-ethyl adjacent to an activating group) is 1. The van der Waals surface area contributed by atoms with Gasteiger partial charge in [0.15, 0.2) is 0 Å². The smallest absolute Gasteiger partial charge is 0.250 e. The lowest BCUT2D eigenvalue weighted by Crippen LogP contribution is -2.28. The molecule has 2 N–H and O–H groups in total. The third-order valence-electron chi connectivity index (χ3n) is 2.12. The summed E-state index contributed by atoms with van der Waals surface area (Å²) in [5.41, 5.74) is 0.767. The van der Waals surface area contributed by atoms with Crippen LogP contribution in [0.3, 0.4) is 0 Å². The minimum absolute atomic E-state index is 0.0238. The molecule has 94 valence electrons. The molecule has 0 spiro atoms. The molecule has 1 amide bonds. The van der Waals surface area contributed by atoms with Gasteiger partial charge in [0.1, 0.15) is 6.61 Å². The van der Waals surface area contributed by atoms with Crippen LogP contribution in [0.2, 0.25) is 0 Å². The summed E-state index contributed by atoms with van der Waals surface area (Å²) >= 11 is 3.33. The van der Waals surface area contributed by atoms with Crippen LogP contribution in [-0.4, -0.2) is 32.2 Å². The molecule has 0 saturated carbocycles. The largest absolute Gasteiger partial charge is 0.367 e. The normalized spacial score (nSPS) is 12.2. The first kappa shape index (κ1) is 14.2. The van der Waals surface area contributed by atoms with Gasteiger partial charge in [0.05, 0.1) is 6.10 Å². The van der Waals surface area contributed by atoms with E-state index in [2.05, 4.69) is 26.6 Å². The van der Waals surface area contributed by atoms with Crippen LogP contribution >= 0.6 is 15.9 Å². The Balaban J connectivity index is 2.32. The van der Waals surface area contributed by atoms with Gasteiger partial charge in [0.25, 0.3) is 0 Å². The van der Waals surface area contributed by atoms with E-state index in [4.69, 9.17) is 4.74 Å². The van der Waals surface area contributed by atoms with E-state index in [1.807, 2.05) is 38.2 Å². The average Bonchev–Trinajstić information content (AvgIpc) is 2.30. The molecular formula is C12H17BrN2O2. The van der Waals surface area contributed by atoms with E-state index in [1.165, 1.54) is 0 Å². The lowest BCUT2D eigenvalue weighted by Gasteiger charge is -2.12. The van der Waals surface area contributed by atoms with Gasteiger partial charge in [-0.05, 0) is 38.2 Å². The molecule has 1 atom stereocenters. The molecule has 0 bridgehead atoms. The lowest BCUT2D eigenvalue weighted by molar-refractivity contribution is -0.122. The maximum Gasteiger partial charge on any atom is 0.250 e. The Morgan fingerprint density at radius 3 is 2.65 bits per heavy atom. The summed E-state index contributed by atoms with van der Waals surface area (Å²) in [6.07, 6.45) is 0.0238. The molecule has 1 aromatic rings. The number of ether oxygens (including phenoxy) is 1. The average molecular weight is 301 g/mol. The second kappa shape index (κ2) is 7.42. The SMILES string of the molecule is CNCC(C)OCC(=O)Nc1ccc(Br)cc1. The Labute approximate surface area is 110 Å². The monoisotopic (exact) mass is 300 g/mol. The van der Waals surface area contributed by atoms with Crippen LogP contribution in [-0.2, 0) is 9.53 Å². The Kier molecular flexibility index (Phi) is 6.18. The fourth-order valence-corrected chi connectivity index (χ4v) is 1.56. The molecular weight excluding hydrogens is 284 g/mol. The number of carbonyl (C=O) groups excluding carboxylic acids is 1. The highest BCUT2D eigenvalue weighted by molar-refractivity contribution is 9.10. The number of rotatable bonds is 6. The molecule has 4 nitrogen and oxygen atoms in total. The molecule has 1 rings (SSSR count). The summed E-state index contributed by atoms with van der Waals surface area (Å²) in [5.74, 6) is -0.143. The summed E-state index contributed by atoms with van der Waals surface area (Å²) in [7, 11) is 1.85. The van der Waals surface area contributed by atoms with Crippen molar-refractivity contribution in [2.45, 2.75) is 13.0 Å². The van der Waals surface area contributed by atoms with E-state index >= 15 is 0 Å². The fraction of sp³-hybridized carbons (Fsp3) is 0.417. The van der Waals surface area contributed by atoms with E-state index < -0.39 is 0 Å². The second-order valence-electron chi connectivity index (χ2n) is 3.73. The summed E-state index contributed by atoms with van der Waals surface area (Å²) < 4.78 is 6.34. The molecule has 0 aliphatic heterocycles. The van der Waals surface area contributed by atoms with Crippen LogP contribution < -0.4 is 10.6 Å². The van der Waals surface area contributed by atoms with Crippen LogP contribution in [0.25, 0.3) is 0 Å². The van der Waals surface area contributed by atoms with Gasteiger partial charge in [-0.3, -0.25) is 4.79 Å². The van der Waals surface area contributed by atoms with Crippen LogP contribution in [0.1, 0.15) is 6.92 Å². The zero-order chi connectivity index (χ0) is 12.7. The minimum Gasteiger partial charge on any atom is -0.367 e. The molecule has 17 heavy (non-hydrogen) atoms. The fourth-order valence-electron chi connectivity index (χ4n) is 1.29. The summed E-state index contributed by atoms with van der Waals surface area (Å²) in [4.78, 5) is 11.5. The van der Waals surface area contributed by atoms with E-state index in [0.29, 0.717) is 0 Å². The van der Waals surface area contributed by atoms with Crippen LogP contribution in [0, 0.1) is 0 Å². The first-order chi connectivity index (χ1) is 8.11. The molecule has 0 radical (unpaired) electrons. The van der Waals surface area contributed by atoms with Crippen molar-refractivity contribution in [2.24, 2.45) is 0 Å². The molecule has 5 heteroatoms. The first-order valence-corrected chi connectivity index (χ1v) is 6.22. The van der Waals surface area contributed by atoms with Crippen LogP contribution in [0.15, 0.2) is 28.7 Å². The molecule has 0 aliphatic carbocycles. The van der Waals surface area contributed by atoms with Crippen LogP contribution in [0.4, 0.5) is 5.69 Å². The number of amides is 1. The minimum atomic E-state index is -0.143. The Morgan fingerprint density at radius 1 is 1.41 bits per heavy atom. The van der Waals surface area contributed by atoms with Crippen molar-refractivity contribution in [3.63, 3.8) is 0 Å². The number of halogens is 1. The highest BCUT2D eigenvalue weighted by Crippen LogP contribution is 2.13. The number of hydrogen-bond acceptors (Lipinski definition) is 3. The summed E-state index contributed by atoms with van der Waals surface area (Å²) in [6.45, 7) is 2.72. The standard InChI is InChI=1S/C12H17BrN2O2/c1-9(7-14-2)17-8-12(16)15-11-5-3-10(13)4-6-11/h3-6,9,14H,7-8H2,1-2H3,(H,15,16). The van der Waals surface area contributed by atoms with Gasteiger partial charge in [-0.25, -0.2) is 0 Å². The van der Waals surface area contributed by atoms with Crippen LogP contribution in [0.5, 0.6) is 0 Å². The van der Waals surface area contributed by atoms with Crippen molar-refractivity contribution in [2.75, 3.05) is 25.5 Å². The highest BCUT2D eigenvalue weighted by atomic mass is 79.9. The third kappa shape index (κ3) is 5.81. The number of benzene rings is 1.